The van der Waals surface area contributed by atoms with Crippen LogP contribution in [0.1, 0.15) is 56.5 Å². The fourth-order valence-corrected chi connectivity index (χ4v) is 2.96. The SMILES string of the molecule is CCc1c(C)nn(CCCC(C)(NC2CC2)C(=O)O)c1C. The molecule has 2 rings (SSSR count). The summed E-state index contributed by atoms with van der Waals surface area (Å²) in [6, 6.07) is 0.395. The molecular weight excluding hydrogens is 266 g/mol. The maximum Gasteiger partial charge on any atom is 0.323 e. The van der Waals surface area contributed by atoms with E-state index >= 15 is 0 Å². The van der Waals surface area contributed by atoms with Gasteiger partial charge in [0.05, 0.1) is 5.69 Å². The normalized spacial score (nSPS) is 17.7. The highest BCUT2D eigenvalue weighted by Gasteiger charge is 2.37. The Morgan fingerprint density at radius 3 is 2.62 bits per heavy atom. The lowest BCUT2D eigenvalue weighted by molar-refractivity contribution is -0.144. The first-order chi connectivity index (χ1) is 9.87. The minimum absolute atomic E-state index is 0.395. The van der Waals surface area contributed by atoms with Crippen LogP contribution in [0, 0.1) is 13.8 Å². The number of nitrogens with zero attached hydrogens (tertiary/aromatic N) is 2. The van der Waals surface area contributed by atoms with E-state index in [1.807, 2.05) is 11.6 Å². The van der Waals surface area contributed by atoms with E-state index in [4.69, 9.17) is 0 Å². The fourth-order valence-electron chi connectivity index (χ4n) is 2.96. The largest absolute Gasteiger partial charge is 0.480 e. The van der Waals surface area contributed by atoms with Gasteiger partial charge >= 0.3 is 5.97 Å². The highest BCUT2D eigenvalue weighted by Crippen LogP contribution is 2.25. The summed E-state index contributed by atoms with van der Waals surface area (Å²) in [5, 5.41) is 17.3. The quantitative estimate of drug-likeness (QED) is 0.772. The molecule has 0 bridgehead atoms. The van der Waals surface area contributed by atoms with Crippen molar-refractivity contribution in [2.45, 2.75) is 77.9 Å². The van der Waals surface area contributed by atoms with Crippen molar-refractivity contribution < 1.29 is 9.90 Å². The van der Waals surface area contributed by atoms with Gasteiger partial charge in [0.1, 0.15) is 5.54 Å². The number of hydrogen-bond acceptors (Lipinski definition) is 3. The number of aliphatic carboxylic acids is 1. The Labute approximate surface area is 126 Å². The van der Waals surface area contributed by atoms with Crippen molar-refractivity contribution in [3.8, 4) is 0 Å². The maximum atomic E-state index is 11.5. The van der Waals surface area contributed by atoms with Crippen LogP contribution in [0.3, 0.4) is 0 Å². The van der Waals surface area contributed by atoms with Crippen LogP contribution in [0.5, 0.6) is 0 Å². The summed E-state index contributed by atoms with van der Waals surface area (Å²) in [5.41, 5.74) is 2.80. The average Bonchev–Trinajstić information content (AvgIpc) is 3.16. The zero-order valence-corrected chi connectivity index (χ0v) is 13.6. The molecule has 1 aliphatic rings. The molecule has 21 heavy (non-hydrogen) atoms. The Hall–Kier alpha value is -1.36. The first-order valence-corrected chi connectivity index (χ1v) is 7.91. The van der Waals surface area contributed by atoms with Crippen LogP contribution in [0.25, 0.3) is 0 Å². The van der Waals surface area contributed by atoms with Gasteiger partial charge in [0.2, 0.25) is 0 Å². The van der Waals surface area contributed by atoms with Crippen LogP contribution in [-0.4, -0.2) is 32.4 Å². The predicted molar refractivity (Wildman–Crippen MR) is 82.5 cm³/mol. The van der Waals surface area contributed by atoms with E-state index in [1.165, 1.54) is 11.3 Å². The predicted octanol–water partition coefficient (Wildman–Crippen LogP) is 2.44. The number of nitrogens with one attached hydrogen (secondary N) is 1. The molecule has 1 heterocycles. The summed E-state index contributed by atoms with van der Waals surface area (Å²) in [4.78, 5) is 11.5. The molecule has 0 radical (unpaired) electrons. The van der Waals surface area contributed by atoms with Crippen molar-refractivity contribution >= 4 is 5.97 Å². The molecule has 1 unspecified atom stereocenters. The number of carboxylic acids is 1. The molecule has 0 aliphatic heterocycles. The maximum absolute atomic E-state index is 11.5. The molecule has 0 aromatic carbocycles. The zero-order valence-electron chi connectivity index (χ0n) is 13.6. The highest BCUT2D eigenvalue weighted by molar-refractivity contribution is 5.78. The molecule has 1 saturated carbocycles. The van der Waals surface area contributed by atoms with Crippen molar-refractivity contribution in [2.75, 3.05) is 0 Å². The fraction of sp³-hybridized carbons (Fsp3) is 0.750. The number of aromatic nitrogens is 2. The van der Waals surface area contributed by atoms with Crippen molar-refractivity contribution in [2.24, 2.45) is 0 Å². The number of carboxylic acid groups (broad SMARTS) is 1. The lowest BCUT2D eigenvalue weighted by Crippen LogP contribution is -2.50. The van der Waals surface area contributed by atoms with E-state index in [0.717, 1.165) is 37.9 Å². The minimum atomic E-state index is -0.815. The Morgan fingerprint density at radius 1 is 1.48 bits per heavy atom. The summed E-state index contributed by atoms with van der Waals surface area (Å²) in [7, 11) is 0. The topological polar surface area (TPSA) is 67.2 Å². The Bertz CT molecular complexity index is 520. The number of rotatable bonds is 8. The molecule has 0 spiro atoms. The molecular formula is C16H27N3O2. The Balaban J connectivity index is 1.94. The van der Waals surface area contributed by atoms with Crippen molar-refractivity contribution in [1.29, 1.82) is 0 Å². The van der Waals surface area contributed by atoms with E-state index in [0.29, 0.717) is 12.5 Å². The number of aryl methyl sites for hydroxylation is 2. The van der Waals surface area contributed by atoms with Gasteiger partial charge in [-0.05, 0) is 58.4 Å². The third-order valence-corrected chi connectivity index (χ3v) is 4.50. The van der Waals surface area contributed by atoms with Gasteiger partial charge in [0.15, 0.2) is 0 Å². The molecule has 0 saturated heterocycles. The van der Waals surface area contributed by atoms with Crippen molar-refractivity contribution in [3.63, 3.8) is 0 Å². The second-order valence-corrected chi connectivity index (χ2v) is 6.39. The third-order valence-electron chi connectivity index (χ3n) is 4.50. The first-order valence-electron chi connectivity index (χ1n) is 7.91. The summed E-state index contributed by atoms with van der Waals surface area (Å²) in [5.74, 6) is -0.753. The second kappa shape index (κ2) is 6.18. The average molecular weight is 293 g/mol. The van der Waals surface area contributed by atoms with Crippen LogP contribution in [0.4, 0.5) is 0 Å². The zero-order chi connectivity index (χ0) is 15.6. The number of carbonyl (C=O) groups is 1. The molecule has 5 heteroatoms. The minimum Gasteiger partial charge on any atom is -0.480 e. The summed E-state index contributed by atoms with van der Waals surface area (Å²) in [6.07, 6.45) is 4.63. The molecule has 5 nitrogen and oxygen atoms in total. The molecule has 0 amide bonds. The molecule has 1 aromatic rings. The smallest absolute Gasteiger partial charge is 0.323 e. The van der Waals surface area contributed by atoms with Gasteiger partial charge in [0.25, 0.3) is 0 Å². The Morgan fingerprint density at radius 2 is 2.14 bits per heavy atom. The first kappa shape index (κ1) is 16.0. The summed E-state index contributed by atoms with van der Waals surface area (Å²) >= 11 is 0. The van der Waals surface area contributed by atoms with Crippen LogP contribution < -0.4 is 5.32 Å². The lowest BCUT2D eigenvalue weighted by atomic mass is 9.95. The molecule has 1 atom stereocenters. The van der Waals surface area contributed by atoms with E-state index in [9.17, 15) is 9.90 Å². The van der Waals surface area contributed by atoms with Gasteiger partial charge in [-0.2, -0.15) is 5.10 Å². The van der Waals surface area contributed by atoms with Crippen LogP contribution in [0.15, 0.2) is 0 Å². The summed E-state index contributed by atoms with van der Waals surface area (Å²) in [6.45, 7) is 8.85. The highest BCUT2D eigenvalue weighted by atomic mass is 16.4. The Kier molecular flexibility index (Phi) is 4.71. The van der Waals surface area contributed by atoms with Gasteiger partial charge in [-0.25, -0.2) is 0 Å². The van der Waals surface area contributed by atoms with Gasteiger partial charge in [-0.1, -0.05) is 6.92 Å². The third kappa shape index (κ3) is 3.64. The second-order valence-electron chi connectivity index (χ2n) is 6.39. The van der Waals surface area contributed by atoms with Gasteiger partial charge < -0.3 is 5.11 Å². The van der Waals surface area contributed by atoms with Crippen LogP contribution >= 0.6 is 0 Å². The molecule has 1 aromatic heterocycles. The van der Waals surface area contributed by atoms with Gasteiger partial charge in [-0.15, -0.1) is 0 Å². The van der Waals surface area contributed by atoms with E-state index in [2.05, 4.69) is 24.3 Å². The van der Waals surface area contributed by atoms with Crippen LogP contribution in [-0.2, 0) is 17.8 Å². The van der Waals surface area contributed by atoms with Crippen LogP contribution in [0.2, 0.25) is 0 Å². The molecule has 2 N–H and O–H groups in total. The van der Waals surface area contributed by atoms with Crippen molar-refractivity contribution in [3.05, 3.63) is 17.0 Å². The molecule has 1 aliphatic carbocycles. The standard InChI is InChI=1S/C16H27N3O2/c1-5-14-11(2)18-19(12(14)3)10-6-9-16(4,15(20)21)17-13-7-8-13/h13,17H,5-10H2,1-4H3,(H,20,21). The van der Waals surface area contributed by atoms with Crippen molar-refractivity contribution in [1.82, 2.24) is 15.1 Å². The van der Waals surface area contributed by atoms with Gasteiger partial charge in [-0.3, -0.25) is 14.8 Å². The molecule has 1 fully saturated rings. The van der Waals surface area contributed by atoms with Gasteiger partial charge in [0, 0.05) is 18.3 Å². The number of hydrogen-bond donors (Lipinski definition) is 2. The van der Waals surface area contributed by atoms with E-state index in [1.54, 1.807) is 6.92 Å². The lowest BCUT2D eigenvalue weighted by Gasteiger charge is -2.26. The molecule has 118 valence electrons. The summed E-state index contributed by atoms with van der Waals surface area (Å²) < 4.78 is 2.02. The monoisotopic (exact) mass is 293 g/mol. The van der Waals surface area contributed by atoms with E-state index in [-0.39, 0.29) is 0 Å². The van der Waals surface area contributed by atoms with E-state index < -0.39 is 11.5 Å².